The first-order valence-electron chi connectivity index (χ1n) is 8.25. The highest BCUT2D eigenvalue weighted by Crippen LogP contribution is 2.33. The second kappa shape index (κ2) is 7.09. The van der Waals surface area contributed by atoms with E-state index < -0.39 is 11.7 Å². The molecule has 4 rings (SSSR count). The van der Waals surface area contributed by atoms with Gasteiger partial charge in [-0.25, -0.2) is 4.98 Å². The maximum atomic E-state index is 12.9. The van der Waals surface area contributed by atoms with E-state index in [0.717, 1.165) is 12.1 Å². The molecule has 8 heteroatoms. The van der Waals surface area contributed by atoms with Gasteiger partial charge in [0.15, 0.2) is 5.75 Å². The minimum atomic E-state index is -4.41. The van der Waals surface area contributed by atoms with Gasteiger partial charge in [-0.05, 0) is 54.6 Å². The number of fused-ring (bicyclic) bond motifs is 1. The summed E-state index contributed by atoms with van der Waals surface area (Å²) in [7, 11) is 0. The van der Waals surface area contributed by atoms with Crippen molar-refractivity contribution in [1.29, 1.82) is 0 Å². The molecular formula is C20H13ClF3N3O. The molecule has 1 aromatic heterocycles. The van der Waals surface area contributed by atoms with E-state index in [1.165, 1.54) is 6.07 Å². The molecule has 0 saturated heterocycles. The number of para-hydroxylation sites is 2. The van der Waals surface area contributed by atoms with Crippen molar-refractivity contribution in [2.45, 2.75) is 6.18 Å². The molecule has 0 atom stereocenters. The second-order valence-electron chi connectivity index (χ2n) is 5.99. The molecule has 2 N–H and O–H groups in total. The van der Waals surface area contributed by atoms with E-state index in [0.29, 0.717) is 33.7 Å². The number of hydrogen-bond donors (Lipinski definition) is 2. The van der Waals surface area contributed by atoms with Crippen LogP contribution in [-0.2, 0) is 6.18 Å². The number of aromatic nitrogens is 2. The second-order valence-corrected chi connectivity index (χ2v) is 6.43. The van der Waals surface area contributed by atoms with Gasteiger partial charge in [0.1, 0.15) is 5.75 Å². The number of imidazole rings is 1. The number of aromatic amines is 1. The number of hydrogen-bond acceptors (Lipinski definition) is 3. The summed E-state index contributed by atoms with van der Waals surface area (Å²) in [6.45, 7) is 0. The van der Waals surface area contributed by atoms with Gasteiger partial charge in [-0.2, -0.15) is 13.2 Å². The number of anilines is 2. The van der Waals surface area contributed by atoms with Gasteiger partial charge in [-0.15, -0.1) is 0 Å². The van der Waals surface area contributed by atoms with Crippen LogP contribution >= 0.6 is 11.6 Å². The van der Waals surface area contributed by atoms with Crippen molar-refractivity contribution in [2.75, 3.05) is 5.32 Å². The number of ether oxygens (including phenoxy) is 1. The Balaban J connectivity index is 1.61. The fraction of sp³-hybridized carbons (Fsp3) is 0.0500. The SMILES string of the molecule is FC(F)(F)c1ccc2nc(Nc3ccccc3Oc3ccc(Cl)cc3)[nH]c2c1. The minimum Gasteiger partial charge on any atom is -0.455 e. The van der Waals surface area contributed by atoms with Crippen molar-refractivity contribution in [1.82, 2.24) is 9.97 Å². The highest BCUT2D eigenvalue weighted by atomic mass is 35.5. The van der Waals surface area contributed by atoms with Crippen molar-refractivity contribution in [3.63, 3.8) is 0 Å². The largest absolute Gasteiger partial charge is 0.455 e. The molecule has 0 aliphatic carbocycles. The molecule has 0 radical (unpaired) electrons. The maximum Gasteiger partial charge on any atom is 0.416 e. The van der Waals surface area contributed by atoms with E-state index in [9.17, 15) is 13.2 Å². The van der Waals surface area contributed by atoms with Gasteiger partial charge in [-0.1, -0.05) is 23.7 Å². The Hall–Kier alpha value is -3.19. The summed E-state index contributed by atoms with van der Waals surface area (Å²) in [6.07, 6.45) is -4.41. The summed E-state index contributed by atoms with van der Waals surface area (Å²) >= 11 is 5.88. The van der Waals surface area contributed by atoms with E-state index in [2.05, 4.69) is 15.3 Å². The van der Waals surface area contributed by atoms with Gasteiger partial charge >= 0.3 is 6.18 Å². The third-order valence-electron chi connectivity index (χ3n) is 3.99. The molecule has 0 saturated carbocycles. The Kier molecular flexibility index (Phi) is 4.60. The van der Waals surface area contributed by atoms with E-state index in [-0.39, 0.29) is 5.52 Å². The topological polar surface area (TPSA) is 49.9 Å². The van der Waals surface area contributed by atoms with Gasteiger partial charge in [0.25, 0.3) is 0 Å². The van der Waals surface area contributed by atoms with Crippen molar-refractivity contribution >= 4 is 34.3 Å². The molecule has 28 heavy (non-hydrogen) atoms. The van der Waals surface area contributed by atoms with E-state index >= 15 is 0 Å². The van der Waals surface area contributed by atoms with Crippen LogP contribution in [0.2, 0.25) is 5.02 Å². The van der Waals surface area contributed by atoms with Crippen molar-refractivity contribution in [3.05, 3.63) is 77.3 Å². The van der Waals surface area contributed by atoms with Crippen LogP contribution in [0.1, 0.15) is 5.56 Å². The van der Waals surface area contributed by atoms with Crippen LogP contribution in [0.4, 0.5) is 24.8 Å². The zero-order valence-corrected chi connectivity index (χ0v) is 15.0. The van der Waals surface area contributed by atoms with Crippen molar-refractivity contribution in [2.24, 2.45) is 0 Å². The summed E-state index contributed by atoms with van der Waals surface area (Å²) in [4.78, 5) is 7.14. The summed E-state index contributed by atoms with van der Waals surface area (Å²) in [5, 5.41) is 3.65. The van der Waals surface area contributed by atoms with Crippen LogP contribution in [-0.4, -0.2) is 9.97 Å². The molecule has 0 unspecified atom stereocenters. The van der Waals surface area contributed by atoms with Crippen LogP contribution in [0, 0.1) is 0 Å². The molecule has 0 fully saturated rings. The predicted octanol–water partition coefficient (Wildman–Crippen LogP) is 6.77. The molecule has 1 heterocycles. The summed E-state index contributed by atoms with van der Waals surface area (Å²) < 4.78 is 44.5. The molecule has 142 valence electrons. The zero-order valence-electron chi connectivity index (χ0n) is 14.2. The smallest absolute Gasteiger partial charge is 0.416 e. The first-order valence-corrected chi connectivity index (χ1v) is 8.63. The number of alkyl halides is 3. The third kappa shape index (κ3) is 3.89. The number of H-pyrrole nitrogens is 1. The number of halogens is 4. The third-order valence-corrected chi connectivity index (χ3v) is 4.24. The first-order chi connectivity index (χ1) is 13.4. The van der Waals surface area contributed by atoms with Gasteiger partial charge in [0, 0.05) is 5.02 Å². The standard InChI is InChI=1S/C20H13ClF3N3O/c21-13-6-8-14(9-7-13)28-18-4-2-1-3-16(18)26-19-25-15-10-5-12(20(22,23)24)11-17(15)27-19/h1-11H,(H2,25,26,27). The summed E-state index contributed by atoms with van der Waals surface area (Å²) in [5.74, 6) is 1.43. The Labute approximate surface area is 162 Å². The molecule has 4 nitrogen and oxygen atoms in total. The van der Waals surface area contributed by atoms with Gasteiger partial charge in [0.2, 0.25) is 5.95 Å². The van der Waals surface area contributed by atoms with E-state index in [4.69, 9.17) is 16.3 Å². The first kappa shape index (κ1) is 18.2. The molecule has 0 amide bonds. The number of rotatable bonds is 4. The van der Waals surface area contributed by atoms with Crippen molar-refractivity contribution in [3.8, 4) is 11.5 Å². The van der Waals surface area contributed by atoms with Crippen LogP contribution in [0.25, 0.3) is 11.0 Å². The molecule has 0 spiro atoms. The summed E-state index contributed by atoms with van der Waals surface area (Å²) in [6, 6.07) is 17.4. The zero-order chi connectivity index (χ0) is 19.7. The van der Waals surface area contributed by atoms with Crippen LogP contribution < -0.4 is 10.1 Å². The lowest BCUT2D eigenvalue weighted by atomic mass is 10.2. The highest BCUT2D eigenvalue weighted by molar-refractivity contribution is 6.30. The van der Waals surface area contributed by atoms with E-state index in [1.807, 2.05) is 12.1 Å². The molecular weight excluding hydrogens is 391 g/mol. The number of nitrogens with zero attached hydrogens (tertiary/aromatic N) is 1. The molecule has 0 aliphatic rings. The average molecular weight is 404 g/mol. The van der Waals surface area contributed by atoms with Gasteiger partial charge in [-0.3, -0.25) is 0 Å². The highest BCUT2D eigenvalue weighted by Gasteiger charge is 2.30. The molecule has 3 aromatic carbocycles. The lowest BCUT2D eigenvalue weighted by molar-refractivity contribution is -0.137. The fourth-order valence-electron chi connectivity index (χ4n) is 2.66. The molecule has 0 bridgehead atoms. The predicted molar refractivity (Wildman–Crippen MR) is 102 cm³/mol. The fourth-order valence-corrected chi connectivity index (χ4v) is 2.79. The lowest BCUT2D eigenvalue weighted by Crippen LogP contribution is -2.04. The van der Waals surface area contributed by atoms with Crippen LogP contribution in [0.3, 0.4) is 0 Å². The quantitative estimate of drug-likeness (QED) is 0.395. The monoisotopic (exact) mass is 403 g/mol. The minimum absolute atomic E-state index is 0.286. The Morgan fingerprint density at radius 3 is 2.46 bits per heavy atom. The van der Waals surface area contributed by atoms with Gasteiger partial charge in [0.05, 0.1) is 22.3 Å². The molecule has 4 aromatic rings. The van der Waals surface area contributed by atoms with E-state index in [1.54, 1.807) is 36.4 Å². The Bertz CT molecular complexity index is 1120. The van der Waals surface area contributed by atoms with Gasteiger partial charge < -0.3 is 15.0 Å². The molecule has 0 aliphatic heterocycles. The maximum absolute atomic E-state index is 12.9. The number of nitrogens with one attached hydrogen (secondary N) is 2. The van der Waals surface area contributed by atoms with Crippen LogP contribution in [0.15, 0.2) is 66.7 Å². The Morgan fingerprint density at radius 2 is 1.71 bits per heavy atom. The van der Waals surface area contributed by atoms with Crippen LogP contribution in [0.5, 0.6) is 11.5 Å². The lowest BCUT2D eigenvalue weighted by Gasteiger charge is -2.11. The summed E-state index contributed by atoms with van der Waals surface area (Å²) in [5.41, 5.74) is 0.578. The Morgan fingerprint density at radius 1 is 0.964 bits per heavy atom. The average Bonchev–Trinajstić information content (AvgIpc) is 3.06. The van der Waals surface area contributed by atoms with Crippen molar-refractivity contribution < 1.29 is 17.9 Å². The number of benzene rings is 3. The normalized spacial score (nSPS) is 11.6.